The largest absolute Gasteiger partial charge is 0.481 e. The monoisotopic (exact) mass is 258 g/mol. The first kappa shape index (κ1) is 14.8. The number of hydrogen-bond acceptors (Lipinski definition) is 3. The van der Waals surface area contributed by atoms with Crippen LogP contribution in [0.1, 0.15) is 39.0 Å². The summed E-state index contributed by atoms with van der Waals surface area (Å²) in [6.07, 6.45) is 3.01. The maximum absolute atomic E-state index is 11.7. The van der Waals surface area contributed by atoms with E-state index in [0.29, 0.717) is 32.5 Å². The van der Waals surface area contributed by atoms with E-state index >= 15 is 0 Å². The van der Waals surface area contributed by atoms with E-state index in [0.717, 1.165) is 12.8 Å². The van der Waals surface area contributed by atoms with Gasteiger partial charge in [-0.3, -0.25) is 4.79 Å². The topological polar surface area (TPSA) is 89.9 Å². The van der Waals surface area contributed by atoms with Gasteiger partial charge in [-0.15, -0.1) is 0 Å². The number of amides is 2. The van der Waals surface area contributed by atoms with Crippen molar-refractivity contribution < 1.29 is 19.8 Å². The summed E-state index contributed by atoms with van der Waals surface area (Å²) in [4.78, 5) is 23.6. The highest BCUT2D eigenvalue weighted by molar-refractivity contribution is 5.74. The molecule has 0 saturated carbocycles. The number of β-amino-alcohol motifs (C(OH)–C–C–N with tert-alkyl or cyclic N) is 1. The molecule has 104 valence electrons. The summed E-state index contributed by atoms with van der Waals surface area (Å²) in [6.45, 7) is 3.24. The van der Waals surface area contributed by atoms with Crippen LogP contribution in [0.4, 0.5) is 4.79 Å². The second-order valence-electron chi connectivity index (χ2n) is 5.10. The number of carboxylic acids is 1. The molecule has 1 unspecified atom stereocenters. The number of aliphatic hydroxyl groups is 1. The van der Waals surface area contributed by atoms with Crippen LogP contribution in [0.5, 0.6) is 0 Å². The predicted molar refractivity (Wildman–Crippen MR) is 66.3 cm³/mol. The summed E-state index contributed by atoms with van der Waals surface area (Å²) >= 11 is 0. The van der Waals surface area contributed by atoms with Crippen LogP contribution >= 0.6 is 0 Å². The van der Waals surface area contributed by atoms with Gasteiger partial charge in [0.2, 0.25) is 0 Å². The predicted octanol–water partition coefficient (Wildman–Crippen LogP) is 0.798. The molecular weight excluding hydrogens is 236 g/mol. The molecule has 6 heteroatoms. The fraction of sp³-hybridized carbons (Fsp3) is 0.833. The van der Waals surface area contributed by atoms with E-state index in [4.69, 9.17) is 5.11 Å². The van der Waals surface area contributed by atoms with Gasteiger partial charge in [-0.05, 0) is 26.2 Å². The van der Waals surface area contributed by atoms with Crippen LogP contribution in [-0.2, 0) is 4.79 Å². The molecule has 2 amide bonds. The Bertz CT molecular complexity index is 304. The molecule has 1 aliphatic heterocycles. The first-order valence-electron chi connectivity index (χ1n) is 6.38. The number of aliphatic carboxylic acids is 1. The molecule has 0 aliphatic carbocycles. The summed E-state index contributed by atoms with van der Waals surface area (Å²) in [6, 6.07) is -0.147. The van der Waals surface area contributed by atoms with Gasteiger partial charge in [-0.1, -0.05) is 6.42 Å². The number of carbonyl (C=O) groups is 2. The lowest BCUT2D eigenvalue weighted by atomic mass is 10.1. The van der Waals surface area contributed by atoms with Gasteiger partial charge in [0.25, 0.3) is 0 Å². The molecule has 0 aromatic heterocycles. The Balaban J connectivity index is 2.06. The number of nitrogens with one attached hydrogen (secondary N) is 1. The van der Waals surface area contributed by atoms with Crippen LogP contribution in [-0.4, -0.2) is 52.3 Å². The van der Waals surface area contributed by atoms with Gasteiger partial charge < -0.3 is 20.4 Å². The van der Waals surface area contributed by atoms with Crippen molar-refractivity contribution in [2.24, 2.45) is 0 Å². The maximum atomic E-state index is 11.7. The van der Waals surface area contributed by atoms with Crippen LogP contribution in [0.2, 0.25) is 0 Å². The number of unbranched alkanes of at least 4 members (excludes halogenated alkanes) is 2. The van der Waals surface area contributed by atoms with Gasteiger partial charge in [-0.25, -0.2) is 4.79 Å². The lowest BCUT2D eigenvalue weighted by molar-refractivity contribution is -0.137. The number of hydrogen-bond donors (Lipinski definition) is 3. The van der Waals surface area contributed by atoms with E-state index in [1.165, 1.54) is 0 Å². The number of carbonyl (C=O) groups excluding carboxylic acids is 1. The second-order valence-corrected chi connectivity index (χ2v) is 5.10. The first-order chi connectivity index (χ1) is 8.41. The zero-order chi connectivity index (χ0) is 13.6. The molecule has 1 atom stereocenters. The molecule has 6 nitrogen and oxygen atoms in total. The number of urea groups is 1. The fourth-order valence-corrected chi connectivity index (χ4v) is 2.00. The minimum absolute atomic E-state index is 0.147. The Morgan fingerprint density at radius 1 is 1.33 bits per heavy atom. The second kappa shape index (κ2) is 6.58. The van der Waals surface area contributed by atoms with Gasteiger partial charge >= 0.3 is 12.0 Å². The summed E-state index contributed by atoms with van der Waals surface area (Å²) in [5.41, 5.74) is -0.765. The highest BCUT2D eigenvalue weighted by atomic mass is 16.4. The number of likely N-dealkylation sites (tertiary alicyclic amines) is 1. The Morgan fingerprint density at radius 3 is 2.61 bits per heavy atom. The van der Waals surface area contributed by atoms with Gasteiger partial charge in [0.1, 0.15) is 0 Å². The Morgan fingerprint density at radius 2 is 2.06 bits per heavy atom. The highest BCUT2D eigenvalue weighted by Crippen LogP contribution is 2.19. The minimum atomic E-state index is -0.779. The molecule has 1 heterocycles. The summed E-state index contributed by atoms with van der Waals surface area (Å²) in [5.74, 6) is -0.779. The molecule has 0 spiro atoms. The van der Waals surface area contributed by atoms with Crippen molar-refractivity contribution in [3.63, 3.8) is 0 Å². The zero-order valence-corrected chi connectivity index (χ0v) is 10.8. The maximum Gasteiger partial charge on any atom is 0.317 e. The number of nitrogens with zero attached hydrogens (tertiary/aromatic N) is 1. The van der Waals surface area contributed by atoms with Gasteiger partial charge in [-0.2, -0.15) is 0 Å². The van der Waals surface area contributed by atoms with Crippen molar-refractivity contribution in [3.05, 3.63) is 0 Å². The Hall–Kier alpha value is -1.30. The zero-order valence-electron chi connectivity index (χ0n) is 10.8. The van der Waals surface area contributed by atoms with E-state index in [1.807, 2.05) is 0 Å². The highest BCUT2D eigenvalue weighted by Gasteiger charge is 2.33. The number of rotatable bonds is 6. The molecule has 1 rings (SSSR count). The molecule has 0 aromatic carbocycles. The smallest absolute Gasteiger partial charge is 0.317 e. The average Bonchev–Trinajstić information content (AvgIpc) is 2.63. The molecule has 1 saturated heterocycles. The summed E-state index contributed by atoms with van der Waals surface area (Å²) in [5, 5.41) is 21.0. The molecule has 0 radical (unpaired) electrons. The Kier molecular flexibility index (Phi) is 5.40. The molecule has 0 aromatic rings. The third-order valence-electron chi connectivity index (χ3n) is 3.08. The summed E-state index contributed by atoms with van der Waals surface area (Å²) in [7, 11) is 0. The van der Waals surface area contributed by atoms with Gasteiger partial charge in [0, 0.05) is 19.5 Å². The van der Waals surface area contributed by atoms with Crippen LogP contribution in [0.15, 0.2) is 0 Å². The Labute approximate surface area is 107 Å². The molecule has 1 fully saturated rings. The molecule has 3 N–H and O–H groups in total. The van der Waals surface area contributed by atoms with E-state index in [-0.39, 0.29) is 12.5 Å². The molecule has 0 bridgehead atoms. The minimum Gasteiger partial charge on any atom is -0.481 e. The van der Waals surface area contributed by atoms with Crippen molar-refractivity contribution in [2.45, 2.75) is 44.6 Å². The molecular formula is C12H22N2O4. The quantitative estimate of drug-likeness (QED) is 0.615. The van der Waals surface area contributed by atoms with Crippen molar-refractivity contribution in [2.75, 3.05) is 19.6 Å². The molecule has 1 aliphatic rings. The summed E-state index contributed by atoms with van der Waals surface area (Å²) < 4.78 is 0. The normalized spacial score (nSPS) is 23.1. The van der Waals surface area contributed by atoms with E-state index in [2.05, 4.69) is 5.32 Å². The fourth-order valence-electron chi connectivity index (χ4n) is 2.00. The van der Waals surface area contributed by atoms with E-state index in [1.54, 1.807) is 11.8 Å². The van der Waals surface area contributed by atoms with E-state index < -0.39 is 11.6 Å². The van der Waals surface area contributed by atoms with Crippen molar-refractivity contribution in [1.29, 1.82) is 0 Å². The SMILES string of the molecule is CC1(O)CCN(C(=O)NCCCCCC(=O)O)C1. The van der Waals surface area contributed by atoms with E-state index in [9.17, 15) is 14.7 Å². The molecule has 18 heavy (non-hydrogen) atoms. The first-order valence-corrected chi connectivity index (χ1v) is 6.38. The lowest BCUT2D eigenvalue weighted by Crippen LogP contribution is -2.41. The van der Waals surface area contributed by atoms with Crippen LogP contribution in [0.3, 0.4) is 0 Å². The van der Waals surface area contributed by atoms with Crippen molar-refractivity contribution >= 4 is 12.0 Å². The lowest BCUT2D eigenvalue weighted by Gasteiger charge is -2.19. The van der Waals surface area contributed by atoms with Crippen LogP contribution in [0, 0.1) is 0 Å². The van der Waals surface area contributed by atoms with Crippen LogP contribution in [0.25, 0.3) is 0 Å². The van der Waals surface area contributed by atoms with Crippen molar-refractivity contribution in [3.8, 4) is 0 Å². The third-order valence-corrected chi connectivity index (χ3v) is 3.08. The number of carboxylic acid groups (broad SMARTS) is 1. The standard InChI is InChI=1S/C12H22N2O4/c1-12(18)6-8-14(9-12)11(17)13-7-4-2-3-5-10(15)16/h18H,2-9H2,1H3,(H,13,17)(H,15,16). The van der Waals surface area contributed by atoms with Crippen molar-refractivity contribution in [1.82, 2.24) is 10.2 Å². The third kappa shape index (κ3) is 5.35. The average molecular weight is 258 g/mol. The van der Waals surface area contributed by atoms with Crippen LogP contribution < -0.4 is 5.32 Å². The van der Waals surface area contributed by atoms with Gasteiger partial charge in [0.15, 0.2) is 0 Å². The van der Waals surface area contributed by atoms with Gasteiger partial charge in [0.05, 0.1) is 12.1 Å².